The van der Waals surface area contributed by atoms with Crippen LogP contribution in [0.15, 0.2) is 72.8 Å². The van der Waals surface area contributed by atoms with Gasteiger partial charge < -0.3 is 18.9 Å². The van der Waals surface area contributed by atoms with Gasteiger partial charge in [0.05, 0.1) is 13.2 Å². The van der Waals surface area contributed by atoms with Gasteiger partial charge in [0.15, 0.2) is 6.10 Å². The third-order valence-corrected chi connectivity index (χ3v) is 6.35. The van der Waals surface area contributed by atoms with Crippen LogP contribution < -0.4 is 9.47 Å². The molecule has 1 unspecified atom stereocenters. The maximum absolute atomic E-state index is 12.1. The van der Waals surface area contributed by atoms with Crippen LogP contribution in [-0.4, -0.2) is 38.5 Å². The zero-order chi connectivity index (χ0) is 26.0. The Hall–Kier alpha value is -3.57. The van der Waals surface area contributed by atoms with E-state index in [0.717, 1.165) is 42.1 Å². The minimum atomic E-state index is -0.597. The molecule has 1 atom stereocenters. The van der Waals surface area contributed by atoms with Gasteiger partial charge in [-0.1, -0.05) is 55.8 Å². The molecule has 0 heterocycles. The zero-order valence-corrected chi connectivity index (χ0v) is 22.0. The predicted molar refractivity (Wildman–Crippen MR) is 147 cm³/mol. The van der Waals surface area contributed by atoms with Crippen LogP contribution >= 0.6 is 0 Å². The van der Waals surface area contributed by atoms with Crippen LogP contribution in [0, 0.1) is 0 Å². The number of carbonyl (C=O) groups excluding carboxylic acids is 1. The second kappa shape index (κ2) is 13.1. The van der Waals surface area contributed by atoms with Crippen LogP contribution in [0.4, 0.5) is 0 Å². The molecule has 0 fully saturated rings. The van der Waals surface area contributed by atoms with Crippen LogP contribution in [0.1, 0.15) is 50.3 Å². The maximum atomic E-state index is 12.1. The lowest BCUT2D eigenvalue weighted by Gasteiger charge is -2.15. The molecule has 3 aromatic carbocycles. The largest absolute Gasteiger partial charge is 0.494 e. The van der Waals surface area contributed by atoms with Crippen molar-refractivity contribution in [1.82, 2.24) is 0 Å². The number of rotatable bonds is 13. The molecule has 1 aliphatic carbocycles. The van der Waals surface area contributed by atoms with Crippen molar-refractivity contribution in [3.8, 4) is 22.6 Å². The average Bonchev–Trinajstić information content (AvgIpc) is 3.22. The minimum Gasteiger partial charge on any atom is -0.494 e. The van der Waals surface area contributed by atoms with Crippen LogP contribution in [0.5, 0.6) is 11.5 Å². The van der Waals surface area contributed by atoms with Crippen molar-refractivity contribution in [2.75, 3.05) is 26.4 Å². The van der Waals surface area contributed by atoms with Crippen LogP contribution in [-0.2, 0) is 20.7 Å². The summed E-state index contributed by atoms with van der Waals surface area (Å²) in [4.78, 5) is 12.1. The number of hydrogen-bond acceptors (Lipinski definition) is 5. The number of hydrogen-bond donors (Lipinski definition) is 0. The van der Waals surface area contributed by atoms with Crippen molar-refractivity contribution in [2.45, 2.75) is 46.1 Å². The highest BCUT2D eigenvalue weighted by Gasteiger charge is 2.23. The summed E-state index contributed by atoms with van der Waals surface area (Å²) in [6.07, 6.45) is 4.16. The summed E-state index contributed by atoms with van der Waals surface area (Å²) in [5.41, 5.74) is 7.00. The number of carbonyl (C=O) groups is 1. The van der Waals surface area contributed by atoms with Gasteiger partial charge in [0, 0.05) is 13.0 Å². The smallest absolute Gasteiger partial charge is 0.335 e. The zero-order valence-electron chi connectivity index (χ0n) is 22.0. The summed E-state index contributed by atoms with van der Waals surface area (Å²) in [5.74, 6) is 1.34. The standard InChI is InChI=1S/C32H36O5/c1-4-7-19-36-25-16-17-28-26-10-8-9-11-27(26)29(30(28)22-25)18-20-37-24-14-12-23(13-15-24)21-31(34-5-2)32(33)35-6-3/h8-18,22,31H,4-7,19-21H2,1-3H3/b29-18-. The van der Waals surface area contributed by atoms with Crippen molar-refractivity contribution >= 4 is 11.5 Å². The molecule has 0 bridgehead atoms. The van der Waals surface area contributed by atoms with Gasteiger partial charge in [0.2, 0.25) is 0 Å². The van der Waals surface area contributed by atoms with Gasteiger partial charge in [0.25, 0.3) is 0 Å². The molecule has 0 N–H and O–H groups in total. The normalized spacial score (nSPS) is 13.6. The van der Waals surface area contributed by atoms with Gasteiger partial charge >= 0.3 is 5.97 Å². The van der Waals surface area contributed by atoms with E-state index in [1.807, 2.05) is 31.2 Å². The molecule has 3 aromatic rings. The first-order valence-corrected chi connectivity index (χ1v) is 13.2. The number of unbranched alkanes of at least 4 members (excludes halogenated alkanes) is 1. The van der Waals surface area contributed by atoms with Crippen molar-refractivity contribution in [1.29, 1.82) is 0 Å². The first-order chi connectivity index (χ1) is 18.1. The first-order valence-electron chi connectivity index (χ1n) is 13.2. The number of esters is 1. The van der Waals surface area contributed by atoms with E-state index in [-0.39, 0.29) is 5.97 Å². The number of ether oxygens (including phenoxy) is 4. The van der Waals surface area contributed by atoms with Crippen LogP contribution in [0.25, 0.3) is 16.7 Å². The van der Waals surface area contributed by atoms with E-state index in [9.17, 15) is 4.79 Å². The summed E-state index contributed by atoms with van der Waals surface area (Å²) in [5, 5.41) is 0. The monoisotopic (exact) mass is 500 g/mol. The SMILES string of the molecule is CCCCOc1ccc2c(c1)/C(=C\COc1ccc(CC(OCC)C(=O)OCC)cc1)c1ccccc1-2. The predicted octanol–water partition coefficient (Wildman–Crippen LogP) is 6.87. The van der Waals surface area contributed by atoms with Gasteiger partial charge in [-0.05, 0) is 84.0 Å². The van der Waals surface area contributed by atoms with Crippen LogP contribution in [0.3, 0.4) is 0 Å². The summed E-state index contributed by atoms with van der Waals surface area (Å²) in [6, 6.07) is 22.6. The van der Waals surface area contributed by atoms with E-state index in [2.05, 4.69) is 55.5 Å². The second-order valence-corrected chi connectivity index (χ2v) is 8.93. The highest BCUT2D eigenvalue weighted by Crippen LogP contribution is 2.45. The third-order valence-electron chi connectivity index (χ3n) is 6.35. The highest BCUT2D eigenvalue weighted by molar-refractivity contribution is 6.01. The molecule has 0 aliphatic heterocycles. The van der Waals surface area contributed by atoms with Crippen molar-refractivity contribution in [3.63, 3.8) is 0 Å². The molecule has 37 heavy (non-hydrogen) atoms. The molecule has 5 nitrogen and oxygen atoms in total. The third kappa shape index (κ3) is 6.60. The summed E-state index contributed by atoms with van der Waals surface area (Å²) >= 11 is 0. The average molecular weight is 501 g/mol. The molecule has 1 aliphatic rings. The Balaban J connectivity index is 1.45. The molecule has 194 valence electrons. The Morgan fingerprint density at radius 1 is 0.811 bits per heavy atom. The molecular formula is C32H36O5. The molecule has 0 aromatic heterocycles. The Bertz CT molecular complexity index is 1210. The molecule has 0 amide bonds. The summed E-state index contributed by atoms with van der Waals surface area (Å²) in [7, 11) is 0. The number of benzene rings is 3. The molecule has 0 saturated carbocycles. The second-order valence-electron chi connectivity index (χ2n) is 8.93. The topological polar surface area (TPSA) is 54.0 Å². The van der Waals surface area contributed by atoms with E-state index >= 15 is 0 Å². The maximum Gasteiger partial charge on any atom is 0.335 e. The quantitative estimate of drug-likeness (QED) is 0.148. The Morgan fingerprint density at radius 3 is 2.27 bits per heavy atom. The summed E-state index contributed by atoms with van der Waals surface area (Å²) < 4.78 is 22.8. The molecule has 5 heteroatoms. The van der Waals surface area contributed by atoms with Gasteiger partial charge in [-0.15, -0.1) is 0 Å². The Labute approximate surface area is 220 Å². The highest BCUT2D eigenvalue weighted by atomic mass is 16.6. The molecule has 4 rings (SSSR count). The molecule has 0 spiro atoms. The van der Waals surface area contributed by atoms with Gasteiger partial charge in [-0.25, -0.2) is 4.79 Å². The van der Waals surface area contributed by atoms with Crippen molar-refractivity contribution < 1.29 is 23.7 Å². The lowest BCUT2D eigenvalue weighted by Crippen LogP contribution is -2.28. The Morgan fingerprint density at radius 2 is 1.54 bits per heavy atom. The Kier molecular flexibility index (Phi) is 9.39. The van der Waals surface area contributed by atoms with Crippen LogP contribution in [0.2, 0.25) is 0 Å². The lowest BCUT2D eigenvalue weighted by atomic mass is 10.0. The van der Waals surface area contributed by atoms with E-state index in [4.69, 9.17) is 18.9 Å². The summed E-state index contributed by atoms with van der Waals surface area (Å²) in [6.45, 7) is 7.80. The first kappa shape index (κ1) is 26.5. The van der Waals surface area contributed by atoms with E-state index in [1.165, 1.54) is 22.3 Å². The molecule has 0 saturated heterocycles. The minimum absolute atomic E-state index is 0.327. The fraction of sp³-hybridized carbons (Fsp3) is 0.344. The molecular weight excluding hydrogens is 464 g/mol. The number of fused-ring (bicyclic) bond motifs is 3. The fourth-order valence-corrected chi connectivity index (χ4v) is 4.53. The fourth-order valence-electron chi connectivity index (χ4n) is 4.53. The van der Waals surface area contributed by atoms with E-state index in [0.29, 0.717) is 26.2 Å². The lowest BCUT2D eigenvalue weighted by molar-refractivity contribution is -0.156. The van der Waals surface area contributed by atoms with E-state index < -0.39 is 6.10 Å². The van der Waals surface area contributed by atoms with Crippen molar-refractivity contribution in [3.05, 3.63) is 89.5 Å². The van der Waals surface area contributed by atoms with Gasteiger partial charge in [-0.2, -0.15) is 0 Å². The van der Waals surface area contributed by atoms with E-state index in [1.54, 1.807) is 6.92 Å². The van der Waals surface area contributed by atoms with Gasteiger partial charge in [-0.3, -0.25) is 0 Å². The van der Waals surface area contributed by atoms with Crippen molar-refractivity contribution in [2.24, 2.45) is 0 Å². The molecule has 0 radical (unpaired) electrons. The van der Waals surface area contributed by atoms with Gasteiger partial charge in [0.1, 0.15) is 18.1 Å².